The molecule has 2 unspecified atom stereocenters. The molecule has 0 aliphatic heterocycles. The fourth-order valence-corrected chi connectivity index (χ4v) is 4.61. The summed E-state index contributed by atoms with van der Waals surface area (Å²) in [4.78, 5) is 14.4. The van der Waals surface area contributed by atoms with Gasteiger partial charge in [-0.15, -0.1) is 0 Å². The number of nitrogens with zero attached hydrogens (tertiary/aromatic N) is 1. The van der Waals surface area contributed by atoms with Crippen molar-refractivity contribution in [2.75, 3.05) is 20.7 Å². The Kier molecular flexibility index (Phi) is 6.07. The van der Waals surface area contributed by atoms with E-state index in [1.165, 1.54) is 22.3 Å². The number of hydrogen-bond acceptors (Lipinski definition) is 2. The summed E-state index contributed by atoms with van der Waals surface area (Å²) >= 11 is 0. The van der Waals surface area contributed by atoms with E-state index in [1.807, 2.05) is 44.9 Å². The van der Waals surface area contributed by atoms with Gasteiger partial charge in [-0.1, -0.05) is 65.0 Å². The van der Waals surface area contributed by atoms with Gasteiger partial charge in [-0.05, 0) is 58.6 Å². The zero-order chi connectivity index (χ0) is 21.3. The Hall–Kier alpha value is -2.29. The molecular formula is C26H35NO2. The van der Waals surface area contributed by atoms with Crippen molar-refractivity contribution < 1.29 is 9.53 Å². The Morgan fingerprint density at radius 2 is 1.62 bits per heavy atom. The third kappa shape index (κ3) is 4.34. The molecule has 0 saturated heterocycles. The van der Waals surface area contributed by atoms with E-state index in [0.29, 0.717) is 17.8 Å². The van der Waals surface area contributed by atoms with Crippen molar-refractivity contribution >= 4 is 5.91 Å². The molecular weight excluding hydrogens is 358 g/mol. The number of carbonyl (C=O) groups excluding carboxylic acids is 1. The van der Waals surface area contributed by atoms with Crippen molar-refractivity contribution in [2.24, 2.45) is 11.3 Å². The van der Waals surface area contributed by atoms with Gasteiger partial charge < -0.3 is 9.64 Å². The van der Waals surface area contributed by atoms with E-state index in [1.54, 1.807) is 7.11 Å². The van der Waals surface area contributed by atoms with Crippen LogP contribution in [0, 0.1) is 11.3 Å². The summed E-state index contributed by atoms with van der Waals surface area (Å²) in [6.45, 7) is 11.5. The molecule has 3 heteroatoms. The summed E-state index contributed by atoms with van der Waals surface area (Å²) in [7, 11) is 3.63. The van der Waals surface area contributed by atoms with Crippen LogP contribution in [-0.2, 0) is 4.79 Å². The lowest BCUT2D eigenvalue weighted by Crippen LogP contribution is -2.37. The van der Waals surface area contributed by atoms with Gasteiger partial charge in [-0.2, -0.15) is 0 Å². The number of hydrogen-bond donors (Lipinski definition) is 0. The normalized spacial score (nSPS) is 21.0. The molecule has 1 aliphatic rings. The molecule has 2 aromatic carbocycles. The number of benzene rings is 2. The second-order valence-electron chi connectivity index (χ2n) is 9.59. The molecule has 0 spiro atoms. The lowest BCUT2D eigenvalue weighted by molar-refractivity contribution is -0.138. The lowest BCUT2D eigenvalue weighted by atomic mass is 9.87. The van der Waals surface area contributed by atoms with Gasteiger partial charge in [-0.3, -0.25) is 4.79 Å². The first-order chi connectivity index (χ1) is 13.6. The monoisotopic (exact) mass is 393 g/mol. The molecule has 0 radical (unpaired) electrons. The first-order valence-electron chi connectivity index (χ1n) is 10.7. The maximum absolute atomic E-state index is 12.5. The highest BCUT2D eigenvalue weighted by Crippen LogP contribution is 2.48. The molecule has 3 atom stereocenters. The number of methoxy groups -OCH3 is 1. The van der Waals surface area contributed by atoms with Crippen LogP contribution in [0.5, 0.6) is 5.75 Å². The van der Waals surface area contributed by atoms with Crippen LogP contribution in [0.2, 0.25) is 0 Å². The quantitative estimate of drug-likeness (QED) is 0.615. The van der Waals surface area contributed by atoms with Crippen molar-refractivity contribution in [3.63, 3.8) is 0 Å². The van der Waals surface area contributed by atoms with Crippen molar-refractivity contribution in [1.82, 2.24) is 4.90 Å². The fourth-order valence-electron chi connectivity index (χ4n) is 4.61. The lowest BCUT2D eigenvalue weighted by Gasteiger charge is -2.28. The van der Waals surface area contributed by atoms with Crippen molar-refractivity contribution in [2.45, 2.75) is 52.9 Å². The summed E-state index contributed by atoms with van der Waals surface area (Å²) < 4.78 is 5.28. The molecule has 1 amide bonds. The van der Waals surface area contributed by atoms with Gasteiger partial charge in [0.05, 0.1) is 7.11 Å². The van der Waals surface area contributed by atoms with E-state index in [9.17, 15) is 4.79 Å². The number of fused-ring (bicyclic) bond motifs is 1. The summed E-state index contributed by atoms with van der Waals surface area (Å²) in [5, 5.41) is 0. The average molecular weight is 394 g/mol. The van der Waals surface area contributed by atoms with Crippen LogP contribution in [0.25, 0.3) is 11.1 Å². The number of amides is 1. The van der Waals surface area contributed by atoms with E-state index in [4.69, 9.17) is 4.74 Å². The third-order valence-electron chi connectivity index (χ3n) is 6.59. The van der Waals surface area contributed by atoms with Gasteiger partial charge in [0.15, 0.2) is 0 Å². The summed E-state index contributed by atoms with van der Waals surface area (Å²) in [6.07, 6.45) is 1.01. The molecule has 0 N–H and O–H groups in total. The Balaban J connectivity index is 1.79. The predicted molar refractivity (Wildman–Crippen MR) is 120 cm³/mol. The van der Waals surface area contributed by atoms with Gasteiger partial charge in [0.1, 0.15) is 5.75 Å². The van der Waals surface area contributed by atoms with Crippen molar-refractivity contribution in [3.05, 3.63) is 53.6 Å². The number of rotatable bonds is 5. The Bertz CT molecular complexity index is 863. The minimum absolute atomic E-state index is 0.214. The van der Waals surface area contributed by atoms with Gasteiger partial charge >= 0.3 is 0 Å². The maximum atomic E-state index is 12.5. The van der Waals surface area contributed by atoms with Gasteiger partial charge in [0.25, 0.3) is 0 Å². The average Bonchev–Trinajstić information content (AvgIpc) is 2.94. The highest BCUT2D eigenvalue weighted by atomic mass is 16.5. The SMILES string of the molecule is COc1ccc(-c2ccc3c(c2)C(C)[C@@H](C)C3CCN(C)C(=O)C(C)(C)C)cc1. The number of ether oxygens (including phenoxy) is 1. The second kappa shape index (κ2) is 8.22. The standard InChI is InChI=1S/C26H35NO2/c1-17-18(2)24-16-20(19-8-11-21(29-7)12-9-19)10-13-23(24)22(17)14-15-27(6)25(28)26(3,4)5/h8-13,16-18,22H,14-15H2,1-7H3/t17-,18?,22?/m1/s1. The van der Waals surface area contributed by atoms with E-state index in [2.05, 4.69) is 44.2 Å². The molecule has 0 heterocycles. The predicted octanol–water partition coefficient (Wildman–Crippen LogP) is 6.09. The van der Waals surface area contributed by atoms with Crippen LogP contribution in [-0.4, -0.2) is 31.5 Å². The zero-order valence-electron chi connectivity index (χ0n) is 19.0. The maximum Gasteiger partial charge on any atom is 0.227 e. The smallest absolute Gasteiger partial charge is 0.227 e. The Morgan fingerprint density at radius 3 is 2.21 bits per heavy atom. The van der Waals surface area contributed by atoms with E-state index < -0.39 is 0 Å². The Labute approximate surface area is 176 Å². The van der Waals surface area contributed by atoms with E-state index >= 15 is 0 Å². The van der Waals surface area contributed by atoms with Gasteiger partial charge in [0, 0.05) is 19.0 Å². The van der Waals surface area contributed by atoms with Crippen LogP contribution < -0.4 is 4.74 Å². The first-order valence-corrected chi connectivity index (χ1v) is 10.7. The highest BCUT2D eigenvalue weighted by Gasteiger charge is 2.36. The molecule has 0 saturated carbocycles. The van der Waals surface area contributed by atoms with Crippen LogP contribution >= 0.6 is 0 Å². The summed E-state index contributed by atoms with van der Waals surface area (Å²) in [5.74, 6) is 2.70. The minimum Gasteiger partial charge on any atom is -0.497 e. The largest absolute Gasteiger partial charge is 0.497 e. The third-order valence-corrected chi connectivity index (χ3v) is 6.59. The minimum atomic E-state index is -0.325. The molecule has 3 rings (SSSR count). The molecule has 156 valence electrons. The number of carbonyl (C=O) groups is 1. The molecule has 3 nitrogen and oxygen atoms in total. The molecule has 0 aromatic heterocycles. The second-order valence-corrected chi connectivity index (χ2v) is 9.59. The Morgan fingerprint density at radius 1 is 1.00 bits per heavy atom. The fraction of sp³-hybridized carbons (Fsp3) is 0.500. The topological polar surface area (TPSA) is 29.5 Å². The molecule has 29 heavy (non-hydrogen) atoms. The molecule has 0 fully saturated rings. The van der Waals surface area contributed by atoms with Gasteiger partial charge in [0.2, 0.25) is 5.91 Å². The summed E-state index contributed by atoms with van der Waals surface area (Å²) in [6, 6.07) is 15.2. The van der Waals surface area contributed by atoms with Crippen LogP contribution in [0.15, 0.2) is 42.5 Å². The molecule has 1 aliphatic carbocycles. The summed E-state index contributed by atoms with van der Waals surface area (Å²) in [5.41, 5.74) is 5.06. The van der Waals surface area contributed by atoms with Gasteiger partial charge in [-0.25, -0.2) is 0 Å². The van der Waals surface area contributed by atoms with E-state index in [0.717, 1.165) is 18.7 Å². The van der Waals surface area contributed by atoms with Crippen LogP contribution in [0.4, 0.5) is 0 Å². The zero-order valence-corrected chi connectivity index (χ0v) is 19.0. The van der Waals surface area contributed by atoms with Crippen LogP contribution in [0.3, 0.4) is 0 Å². The highest BCUT2D eigenvalue weighted by molar-refractivity contribution is 5.81. The van der Waals surface area contributed by atoms with Crippen LogP contribution in [0.1, 0.15) is 64.0 Å². The molecule has 2 aromatic rings. The molecule has 0 bridgehead atoms. The first kappa shape index (κ1) is 21.4. The van der Waals surface area contributed by atoms with Crippen molar-refractivity contribution in [3.8, 4) is 16.9 Å². The van der Waals surface area contributed by atoms with Crippen molar-refractivity contribution in [1.29, 1.82) is 0 Å². The van der Waals surface area contributed by atoms with E-state index in [-0.39, 0.29) is 11.3 Å².